The molecule has 9 heteroatoms. The summed E-state index contributed by atoms with van der Waals surface area (Å²) in [4.78, 5) is 53.3. The van der Waals surface area contributed by atoms with E-state index in [1.807, 2.05) is 13.8 Å². The van der Waals surface area contributed by atoms with Crippen molar-refractivity contribution in [2.75, 3.05) is 27.2 Å². The minimum absolute atomic E-state index is 0.0508. The number of halogens is 2. The predicted octanol–water partition coefficient (Wildman–Crippen LogP) is 4.95. The van der Waals surface area contributed by atoms with Crippen molar-refractivity contribution in [2.45, 2.75) is 26.7 Å². The van der Waals surface area contributed by atoms with Gasteiger partial charge in [0.05, 0.1) is 11.1 Å². The zero-order chi connectivity index (χ0) is 24.7. The third-order valence-electron chi connectivity index (χ3n) is 4.76. The number of carbonyl (C=O) groups excluding carboxylic acids is 4. The molecule has 7 nitrogen and oxygen atoms in total. The first kappa shape index (κ1) is 26.4. The molecule has 0 aromatic heterocycles. The molecule has 0 saturated carbocycles. The van der Waals surface area contributed by atoms with Gasteiger partial charge in [-0.05, 0) is 49.2 Å². The van der Waals surface area contributed by atoms with Crippen LogP contribution in [0.2, 0.25) is 10.0 Å². The Balaban J connectivity index is 2.25. The maximum Gasteiger partial charge on any atom is 0.346 e. The summed E-state index contributed by atoms with van der Waals surface area (Å²) in [6.45, 7) is 4.94. The third kappa shape index (κ3) is 7.04. The minimum Gasteiger partial charge on any atom is -0.386 e. The Morgan fingerprint density at radius 1 is 0.667 bits per heavy atom. The Kier molecular flexibility index (Phi) is 9.44. The number of carbonyl (C=O) groups is 4. The standard InChI is InChI=1S/C24H26Cl2N2O5/c1-5-7-27(3)21(29)15-9-17(13-19(25)11-15)23(31)33-24(32)18-10-16(12-20(26)14-18)22(30)28(4)8-6-2/h9-14H,5-8H2,1-4H3. The Labute approximate surface area is 203 Å². The molecule has 0 bridgehead atoms. The highest BCUT2D eigenvalue weighted by Crippen LogP contribution is 2.20. The van der Waals surface area contributed by atoms with Gasteiger partial charge in [-0.25, -0.2) is 9.59 Å². The molecule has 0 aliphatic carbocycles. The van der Waals surface area contributed by atoms with E-state index in [1.165, 1.54) is 46.2 Å². The van der Waals surface area contributed by atoms with Gasteiger partial charge >= 0.3 is 11.9 Å². The zero-order valence-electron chi connectivity index (χ0n) is 19.0. The lowest BCUT2D eigenvalue weighted by Gasteiger charge is -2.17. The molecule has 2 aromatic carbocycles. The fraction of sp³-hybridized carbons (Fsp3) is 0.333. The second-order valence-electron chi connectivity index (χ2n) is 7.59. The number of nitrogens with zero attached hydrogens (tertiary/aromatic N) is 2. The van der Waals surface area contributed by atoms with Crippen LogP contribution in [-0.4, -0.2) is 60.7 Å². The van der Waals surface area contributed by atoms with Gasteiger partial charge in [0.15, 0.2) is 0 Å². The normalized spacial score (nSPS) is 10.5. The van der Waals surface area contributed by atoms with E-state index in [-0.39, 0.29) is 44.1 Å². The van der Waals surface area contributed by atoms with E-state index in [9.17, 15) is 19.2 Å². The zero-order valence-corrected chi connectivity index (χ0v) is 20.5. The molecule has 33 heavy (non-hydrogen) atoms. The van der Waals surface area contributed by atoms with Crippen molar-refractivity contribution in [1.82, 2.24) is 9.80 Å². The number of esters is 2. The average Bonchev–Trinajstić information content (AvgIpc) is 2.77. The van der Waals surface area contributed by atoms with E-state index < -0.39 is 11.9 Å². The highest BCUT2D eigenvalue weighted by molar-refractivity contribution is 6.32. The molecular formula is C24H26Cl2N2O5. The molecule has 0 heterocycles. The van der Waals surface area contributed by atoms with Crippen LogP contribution in [0.15, 0.2) is 36.4 Å². The van der Waals surface area contributed by atoms with Crippen molar-refractivity contribution in [3.63, 3.8) is 0 Å². The van der Waals surface area contributed by atoms with Crippen LogP contribution >= 0.6 is 23.2 Å². The van der Waals surface area contributed by atoms with Crippen molar-refractivity contribution in [2.24, 2.45) is 0 Å². The number of amides is 2. The van der Waals surface area contributed by atoms with Gasteiger partial charge in [0.2, 0.25) is 0 Å². The summed E-state index contributed by atoms with van der Waals surface area (Å²) in [5, 5.41) is 0.305. The summed E-state index contributed by atoms with van der Waals surface area (Å²) in [5.41, 5.74) is 0.301. The Hall–Kier alpha value is -2.90. The molecular weight excluding hydrogens is 467 g/mol. The van der Waals surface area contributed by atoms with E-state index in [0.29, 0.717) is 13.1 Å². The van der Waals surface area contributed by atoms with Gasteiger partial charge in [-0.1, -0.05) is 37.0 Å². The first-order valence-electron chi connectivity index (χ1n) is 10.5. The van der Waals surface area contributed by atoms with E-state index in [0.717, 1.165) is 12.8 Å². The Morgan fingerprint density at radius 2 is 1.00 bits per heavy atom. The van der Waals surface area contributed by atoms with Crippen LogP contribution in [0.3, 0.4) is 0 Å². The number of benzene rings is 2. The van der Waals surface area contributed by atoms with Gasteiger partial charge in [-0.15, -0.1) is 0 Å². The number of ether oxygens (including phenoxy) is 1. The quantitative estimate of drug-likeness (QED) is 0.384. The van der Waals surface area contributed by atoms with Crippen LogP contribution in [0.1, 0.15) is 68.1 Å². The Morgan fingerprint density at radius 3 is 1.33 bits per heavy atom. The van der Waals surface area contributed by atoms with Gasteiger partial charge in [0.25, 0.3) is 11.8 Å². The van der Waals surface area contributed by atoms with Crippen molar-refractivity contribution in [3.05, 3.63) is 68.7 Å². The van der Waals surface area contributed by atoms with Crippen LogP contribution in [0.4, 0.5) is 0 Å². The molecule has 0 N–H and O–H groups in total. The van der Waals surface area contributed by atoms with Crippen molar-refractivity contribution in [1.29, 1.82) is 0 Å². The highest BCUT2D eigenvalue weighted by atomic mass is 35.5. The lowest BCUT2D eigenvalue weighted by atomic mass is 10.1. The lowest BCUT2D eigenvalue weighted by Crippen LogP contribution is -2.28. The number of rotatable bonds is 8. The van der Waals surface area contributed by atoms with E-state index in [2.05, 4.69) is 0 Å². The second kappa shape index (κ2) is 11.8. The minimum atomic E-state index is -0.981. The van der Waals surface area contributed by atoms with Crippen LogP contribution in [0, 0.1) is 0 Å². The predicted molar refractivity (Wildman–Crippen MR) is 127 cm³/mol. The molecule has 2 amide bonds. The second-order valence-corrected chi connectivity index (χ2v) is 8.46. The summed E-state index contributed by atoms with van der Waals surface area (Å²) >= 11 is 12.2. The maximum atomic E-state index is 12.6. The van der Waals surface area contributed by atoms with Crippen LogP contribution in [0.5, 0.6) is 0 Å². The molecule has 0 atom stereocenters. The third-order valence-corrected chi connectivity index (χ3v) is 5.19. The van der Waals surface area contributed by atoms with Gasteiger partial charge in [0.1, 0.15) is 0 Å². The van der Waals surface area contributed by atoms with E-state index in [1.54, 1.807) is 14.1 Å². The van der Waals surface area contributed by atoms with Crippen molar-refractivity contribution < 1.29 is 23.9 Å². The largest absolute Gasteiger partial charge is 0.386 e. The smallest absolute Gasteiger partial charge is 0.346 e. The molecule has 2 rings (SSSR count). The molecule has 0 unspecified atom stereocenters. The SMILES string of the molecule is CCCN(C)C(=O)c1cc(Cl)cc(C(=O)OC(=O)c2cc(Cl)cc(C(=O)N(C)CCC)c2)c1. The topological polar surface area (TPSA) is 84.0 Å². The molecule has 176 valence electrons. The summed E-state index contributed by atoms with van der Waals surface area (Å²) in [7, 11) is 3.29. The van der Waals surface area contributed by atoms with Gasteiger partial charge in [0, 0.05) is 48.4 Å². The van der Waals surface area contributed by atoms with Gasteiger partial charge < -0.3 is 14.5 Å². The fourth-order valence-corrected chi connectivity index (χ4v) is 3.65. The highest BCUT2D eigenvalue weighted by Gasteiger charge is 2.21. The number of hydrogen-bond acceptors (Lipinski definition) is 5. The lowest BCUT2D eigenvalue weighted by molar-refractivity contribution is 0.0397. The maximum absolute atomic E-state index is 12.6. The van der Waals surface area contributed by atoms with Crippen molar-refractivity contribution in [3.8, 4) is 0 Å². The molecule has 0 radical (unpaired) electrons. The molecule has 0 aliphatic heterocycles. The summed E-state index contributed by atoms with van der Waals surface area (Å²) in [6.07, 6.45) is 1.54. The molecule has 0 aliphatic rings. The van der Waals surface area contributed by atoms with Crippen LogP contribution < -0.4 is 0 Å². The van der Waals surface area contributed by atoms with E-state index in [4.69, 9.17) is 27.9 Å². The molecule has 0 spiro atoms. The molecule has 2 aromatic rings. The number of hydrogen-bond donors (Lipinski definition) is 0. The monoisotopic (exact) mass is 492 g/mol. The summed E-state index contributed by atoms with van der Waals surface area (Å²) in [5.74, 6) is -2.58. The molecule has 0 saturated heterocycles. The summed E-state index contributed by atoms with van der Waals surface area (Å²) in [6, 6.07) is 8.14. The summed E-state index contributed by atoms with van der Waals surface area (Å²) < 4.78 is 4.97. The van der Waals surface area contributed by atoms with Crippen molar-refractivity contribution >= 4 is 47.0 Å². The first-order chi connectivity index (χ1) is 15.6. The fourth-order valence-electron chi connectivity index (χ4n) is 3.18. The average molecular weight is 493 g/mol. The first-order valence-corrected chi connectivity index (χ1v) is 11.2. The van der Waals surface area contributed by atoms with Gasteiger partial charge in [-0.2, -0.15) is 0 Å². The van der Waals surface area contributed by atoms with Crippen LogP contribution in [-0.2, 0) is 4.74 Å². The van der Waals surface area contributed by atoms with Gasteiger partial charge in [-0.3, -0.25) is 9.59 Å². The Bertz CT molecular complexity index is 987. The van der Waals surface area contributed by atoms with Crippen LogP contribution in [0.25, 0.3) is 0 Å². The van der Waals surface area contributed by atoms with E-state index >= 15 is 0 Å². The molecule has 0 fully saturated rings.